The molecule has 0 aliphatic heterocycles. The minimum Gasteiger partial charge on any atom is -0.484 e. The molecule has 100 valence electrons. The molecular weight excluding hydrogens is 251 g/mol. The van der Waals surface area contributed by atoms with E-state index in [1.807, 2.05) is 0 Å². The average molecular weight is 263 g/mol. The summed E-state index contributed by atoms with van der Waals surface area (Å²) in [6.45, 7) is 0.521. The van der Waals surface area contributed by atoms with Crippen LogP contribution in [-0.2, 0) is 16.0 Å². The normalized spacial score (nSPS) is 11.1. The summed E-state index contributed by atoms with van der Waals surface area (Å²) in [6.07, 6.45) is -3.22. The Hall–Kier alpha value is -1.79. The largest absolute Gasteiger partial charge is 0.484 e. The summed E-state index contributed by atoms with van der Waals surface area (Å²) in [5, 5.41) is 0. The number of aromatic nitrogens is 1. The van der Waals surface area contributed by atoms with E-state index in [1.54, 1.807) is 6.92 Å². The standard InChI is InChI=1S/C11H12F3NO3/c1-2-17-10(16)6-8-5-9(3-4-15-8)18-7-11(12,13)14/h3-5H,2,6-7H2,1H3. The molecule has 7 heteroatoms. The minimum absolute atomic E-state index is 0.0154. The van der Waals surface area contributed by atoms with Crippen molar-refractivity contribution >= 4 is 5.97 Å². The predicted molar refractivity (Wildman–Crippen MR) is 56.1 cm³/mol. The van der Waals surface area contributed by atoms with Gasteiger partial charge < -0.3 is 9.47 Å². The molecule has 0 aromatic carbocycles. The Morgan fingerprint density at radius 3 is 2.78 bits per heavy atom. The molecular formula is C11H12F3NO3. The van der Waals surface area contributed by atoms with Crippen LogP contribution in [0.2, 0.25) is 0 Å². The van der Waals surface area contributed by atoms with Crippen molar-refractivity contribution in [2.45, 2.75) is 19.5 Å². The molecule has 0 N–H and O–H groups in total. The number of hydrogen-bond acceptors (Lipinski definition) is 4. The third-order valence-electron chi connectivity index (χ3n) is 1.82. The van der Waals surface area contributed by atoms with Gasteiger partial charge in [-0.25, -0.2) is 0 Å². The molecule has 4 nitrogen and oxygen atoms in total. The molecule has 0 bridgehead atoms. The van der Waals surface area contributed by atoms with E-state index in [9.17, 15) is 18.0 Å². The van der Waals surface area contributed by atoms with Crippen LogP contribution in [0.1, 0.15) is 12.6 Å². The quantitative estimate of drug-likeness (QED) is 0.763. The lowest BCUT2D eigenvalue weighted by Gasteiger charge is -2.09. The van der Waals surface area contributed by atoms with Crippen molar-refractivity contribution < 1.29 is 27.4 Å². The van der Waals surface area contributed by atoms with Gasteiger partial charge >= 0.3 is 12.1 Å². The first-order chi connectivity index (χ1) is 8.40. The lowest BCUT2D eigenvalue weighted by Crippen LogP contribution is -2.19. The number of pyridine rings is 1. The number of hydrogen-bond donors (Lipinski definition) is 0. The maximum absolute atomic E-state index is 11.9. The van der Waals surface area contributed by atoms with Crippen LogP contribution >= 0.6 is 0 Å². The van der Waals surface area contributed by atoms with E-state index in [-0.39, 0.29) is 18.8 Å². The number of carbonyl (C=O) groups excluding carboxylic acids is 1. The van der Waals surface area contributed by atoms with Crippen LogP contribution in [0.25, 0.3) is 0 Å². The van der Waals surface area contributed by atoms with Gasteiger partial charge in [-0.2, -0.15) is 13.2 Å². The maximum Gasteiger partial charge on any atom is 0.422 e. The first kappa shape index (κ1) is 14.3. The van der Waals surface area contributed by atoms with Gasteiger partial charge in [-0.3, -0.25) is 9.78 Å². The van der Waals surface area contributed by atoms with Crippen molar-refractivity contribution in [2.75, 3.05) is 13.2 Å². The van der Waals surface area contributed by atoms with Gasteiger partial charge in [-0.15, -0.1) is 0 Å². The molecule has 0 unspecified atom stereocenters. The second-order valence-electron chi connectivity index (χ2n) is 3.37. The molecule has 0 amide bonds. The highest BCUT2D eigenvalue weighted by atomic mass is 19.4. The van der Waals surface area contributed by atoms with E-state index in [0.717, 1.165) is 0 Å². The van der Waals surface area contributed by atoms with Gasteiger partial charge in [-0.1, -0.05) is 0 Å². The fourth-order valence-corrected chi connectivity index (χ4v) is 1.17. The number of esters is 1. The highest BCUT2D eigenvalue weighted by Gasteiger charge is 2.28. The van der Waals surface area contributed by atoms with Crippen molar-refractivity contribution in [1.82, 2.24) is 4.98 Å². The van der Waals surface area contributed by atoms with Gasteiger partial charge in [0.2, 0.25) is 0 Å². The van der Waals surface area contributed by atoms with Crippen LogP contribution < -0.4 is 4.74 Å². The van der Waals surface area contributed by atoms with E-state index < -0.39 is 18.8 Å². The van der Waals surface area contributed by atoms with E-state index >= 15 is 0 Å². The Morgan fingerprint density at radius 2 is 2.17 bits per heavy atom. The second-order valence-corrected chi connectivity index (χ2v) is 3.37. The summed E-state index contributed by atoms with van der Waals surface area (Å²) in [6, 6.07) is 2.57. The zero-order valence-corrected chi connectivity index (χ0v) is 9.66. The zero-order chi connectivity index (χ0) is 13.6. The van der Waals surface area contributed by atoms with Crippen molar-refractivity contribution in [1.29, 1.82) is 0 Å². The Labute approximate surface area is 102 Å². The van der Waals surface area contributed by atoms with Gasteiger partial charge in [0.15, 0.2) is 6.61 Å². The van der Waals surface area contributed by atoms with Gasteiger partial charge in [0, 0.05) is 12.3 Å². The maximum atomic E-state index is 11.9. The third-order valence-corrected chi connectivity index (χ3v) is 1.82. The second kappa shape index (κ2) is 6.23. The van der Waals surface area contributed by atoms with Crippen molar-refractivity contribution in [3.63, 3.8) is 0 Å². The minimum atomic E-state index is -4.40. The molecule has 18 heavy (non-hydrogen) atoms. The SMILES string of the molecule is CCOC(=O)Cc1cc(OCC(F)(F)F)ccn1. The monoisotopic (exact) mass is 263 g/mol. The number of halogens is 3. The van der Waals surface area contributed by atoms with Crippen LogP contribution in [0.4, 0.5) is 13.2 Å². The Bertz CT molecular complexity index is 407. The van der Waals surface area contributed by atoms with Gasteiger partial charge in [-0.05, 0) is 13.0 Å². The summed E-state index contributed by atoms with van der Waals surface area (Å²) < 4.78 is 45.0. The van der Waals surface area contributed by atoms with E-state index in [2.05, 4.69) is 9.72 Å². The summed E-state index contributed by atoms with van der Waals surface area (Å²) in [7, 11) is 0. The number of ether oxygens (including phenoxy) is 2. The summed E-state index contributed by atoms with van der Waals surface area (Å²) in [4.78, 5) is 15.0. The van der Waals surface area contributed by atoms with E-state index in [4.69, 9.17) is 4.74 Å². The fourth-order valence-electron chi connectivity index (χ4n) is 1.17. The molecule has 1 aromatic rings. The van der Waals surface area contributed by atoms with Crippen molar-refractivity contribution in [2.24, 2.45) is 0 Å². The van der Waals surface area contributed by atoms with Gasteiger partial charge in [0.1, 0.15) is 5.75 Å². The Balaban J connectivity index is 2.59. The summed E-state index contributed by atoms with van der Waals surface area (Å²) in [5.41, 5.74) is 0.299. The van der Waals surface area contributed by atoms with E-state index in [1.165, 1.54) is 18.3 Å². The van der Waals surface area contributed by atoms with E-state index in [0.29, 0.717) is 5.69 Å². The topological polar surface area (TPSA) is 48.4 Å². The molecule has 0 aliphatic carbocycles. The van der Waals surface area contributed by atoms with Crippen LogP contribution in [0.3, 0.4) is 0 Å². The molecule has 0 saturated carbocycles. The highest BCUT2D eigenvalue weighted by molar-refractivity contribution is 5.72. The average Bonchev–Trinajstić information content (AvgIpc) is 2.26. The molecule has 0 saturated heterocycles. The van der Waals surface area contributed by atoms with Crippen LogP contribution in [0.5, 0.6) is 5.75 Å². The van der Waals surface area contributed by atoms with Gasteiger partial charge in [0.05, 0.1) is 18.7 Å². The highest BCUT2D eigenvalue weighted by Crippen LogP contribution is 2.18. The number of alkyl halides is 3. The molecule has 0 atom stereocenters. The molecule has 1 heterocycles. The first-order valence-electron chi connectivity index (χ1n) is 5.21. The predicted octanol–water partition coefficient (Wildman–Crippen LogP) is 2.13. The molecule has 0 aliphatic rings. The Morgan fingerprint density at radius 1 is 1.44 bits per heavy atom. The number of nitrogens with zero attached hydrogens (tertiary/aromatic N) is 1. The number of rotatable bonds is 5. The summed E-state index contributed by atoms with van der Waals surface area (Å²) >= 11 is 0. The van der Waals surface area contributed by atoms with Crippen LogP contribution in [0, 0.1) is 0 Å². The fraction of sp³-hybridized carbons (Fsp3) is 0.455. The summed E-state index contributed by atoms with van der Waals surface area (Å²) in [5.74, 6) is -0.473. The third kappa shape index (κ3) is 5.51. The lowest BCUT2D eigenvalue weighted by atomic mass is 10.2. The van der Waals surface area contributed by atoms with Crippen LogP contribution in [0.15, 0.2) is 18.3 Å². The Kier molecular flexibility index (Phi) is 4.94. The zero-order valence-electron chi connectivity index (χ0n) is 9.66. The lowest BCUT2D eigenvalue weighted by molar-refractivity contribution is -0.153. The van der Waals surface area contributed by atoms with Crippen LogP contribution in [-0.4, -0.2) is 30.3 Å². The van der Waals surface area contributed by atoms with Gasteiger partial charge in [0.25, 0.3) is 0 Å². The van der Waals surface area contributed by atoms with Crippen molar-refractivity contribution in [3.05, 3.63) is 24.0 Å². The molecule has 1 aromatic heterocycles. The smallest absolute Gasteiger partial charge is 0.422 e. The molecule has 1 rings (SSSR count). The number of carbonyl (C=O) groups is 1. The molecule has 0 spiro atoms. The molecule has 0 radical (unpaired) electrons. The van der Waals surface area contributed by atoms with Crippen molar-refractivity contribution in [3.8, 4) is 5.75 Å². The first-order valence-corrected chi connectivity index (χ1v) is 5.21. The molecule has 0 fully saturated rings.